The summed E-state index contributed by atoms with van der Waals surface area (Å²) in [6.07, 6.45) is -0.273. The van der Waals surface area contributed by atoms with Crippen LogP contribution in [0.5, 0.6) is 0 Å². The Kier molecular flexibility index (Phi) is 4.81. The van der Waals surface area contributed by atoms with Gasteiger partial charge >= 0.3 is 0 Å². The van der Waals surface area contributed by atoms with E-state index in [-0.39, 0.29) is 16.9 Å². The molecular formula is C8H17NO3. The fourth-order valence-corrected chi connectivity index (χ4v) is 1.20. The van der Waals surface area contributed by atoms with Gasteiger partial charge in [-0.3, -0.25) is 10.1 Å². The molecule has 0 aromatic carbocycles. The Morgan fingerprint density at radius 1 is 1.42 bits per heavy atom. The lowest BCUT2D eigenvalue weighted by Gasteiger charge is -2.21. The van der Waals surface area contributed by atoms with Crippen LogP contribution in [-0.4, -0.2) is 23.7 Å². The third-order valence-corrected chi connectivity index (χ3v) is 1.82. The van der Waals surface area contributed by atoms with Crippen molar-refractivity contribution in [3.8, 4) is 0 Å². The molecule has 0 aliphatic rings. The molecule has 0 aromatic heterocycles. The second kappa shape index (κ2) is 5.09. The molecule has 0 saturated heterocycles. The summed E-state index contributed by atoms with van der Waals surface area (Å²) in [6, 6.07) is -0.620. The number of hydrogen-bond acceptors (Lipinski definition) is 3. The number of nitro groups is 1. The van der Waals surface area contributed by atoms with Gasteiger partial charge in [0.05, 0.1) is 0 Å². The van der Waals surface area contributed by atoms with E-state index in [1.165, 1.54) is 0 Å². The van der Waals surface area contributed by atoms with E-state index in [1.54, 1.807) is 6.92 Å². The van der Waals surface area contributed by atoms with Crippen LogP contribution in [0, 0.1) is 16.0 Å². The van der Waals surface area contributed by atoms with Gasteiger partial charge in [-0.1, -0.05) is 13.8 Å². The van der Waals surface area contributed by atoms with E-state index in [0.717, 1.165) is 0 Å². The topological polar surface area (TPSA) is 52.4 Å². The van der Waals surface area contributed by atoms with E-state index in [0.29, 0.717) is 6.61 Å². The Hall–Kier alpha value is -0.640. The summed E-state index contributed by atoms with van der Waals surface area (Å²) in [5, 5.41) is 10.4. The predicted octanol–water partition coefficient (Wildman–Crippen LogP) is 1.71. The molecule has 2 unspecified atom stereocenters. The maximum absolute atomic E-state index is 10.4. The van der Waals surface area contributed by atoms with Gasteiger partial charge in [-0.15, -0.1) is 0 Å². The minimum absolute atomic E-state index is 0.186. The molecule has 0 amide bonds. The lowest BCUT2D eigenvalue weighted by Crippen LogP contribution is -2.37. The summed E-state index contributed by atoms with van der Waals surface area (Å²) >= 11 is 0. The van der Waals surface area contributed by atoms with E-state index in [1.807, 2.05) is 20.8 Å². The summed E-state index contributed by atoms with van der Waals surface area (Å²) in [7, 11) is 0. The normalized spacial score (nSPS) is 16.1. The molecule has 0 fully saturated rings. The third-order valence-electron chi connectivity index (χ3n) is 1.82. The summed E-state index contributed by atoms with van der Waals surface area (Å²) in [4.78, 5) is 10.2. The van der Waals surface area contributed by atoms with Crippen molar-refractivity contribution in [1.29, 1.82) is 0 Å². The summed E-state index contributed by atoms with van der Waals surface area (Å²) in [5.74, 6) is 0.186. The molecule has 2 atom stereocenters. The minimum atomic E-state index is -0.620. The van der Waals surface area contributed by atoms with Gasteiger partial charge in [0.25, 0.3) is 0 Å². The quantitative estimate of drug-likeness (QED) is 0.472. The van der Waals surface area contributed by atoms with E-state index >= 15 is 0 Å². The first-order chi connectivity index (χ1) is 5.50. The number of hydrogen-bond donors (Lipinski definition) is 0. The van der Waals surface area contributed by atoms with Crippen molar-refractivity contribution < 1.29 is 9.66 Å². The highest BCUT2D eigenvalue weighted by molar-refractivity contribution is 4.68. The van der Waals surface area contributed by atoms with Crippen molar-refractivity contribution in [2.45, 2.75) is 39.8 Å². The van der Waals surface area contributed by atoms with Crippen LogP contribution in [0.1, 0.15) is 27.7 Å². The number of rotatable bonds is 5. The van der Waals surface area contributed by atoms with Gasteiger partial charge in [0.15, 0.2) is 0 Å². The first-order valence-corrected chi connectivity index (χ1v) is 4.25. The van der Waals surface area contributed by atoms with Crippen molar-refractivity contribution in [3.63, 3.8) is 0 Å². The van der Waals surface area contributed by atoms with Crippen LogP contribution in [0.2, 0.25) is 0 Å². The largest absolute Gasteiger partial charge is 0.371 e. The Labute approximate surface area is 73.1 Å². The molecule has 12 heavy (non-hydrogen) atoms. The minimum Gasteiger partial charge on any atom is -0.371 e. The zero-order valence-electron chi connectivity index (χ0n) is 8.11. The third kappa shape index (κ3) is 3.17. The van der Waals surface area contributed by atoms with Crippen LogP contribution in [-0.2, 0) is 4.74 Å². The molecule has 0 bridgehead atoms. The Morgan fingerprint density at radius 3 is 2.17 bits per heavy atom. The van der Waals surface area contributed by atoms with E-state index < -0.39 is 6.04 Å². The van der Waals surface area contributed by atoms with E-state index in [4.69, 9.17) is 4.74 Å². The van der Waals surface area contributed by atoms with Gasteiger partial charge in [0, 0.05) is 18.5 Å². The second-order valence-corrected chi connectivity index (χ2v) is 3.19. The lowest BCUT2D eigenvalue weighted by atomic mass is 10.0. The zero-order valence-corrected chi connectivity index (χ0v) is 8.11. The Bertz CT molecular complexity index is 147. The van der Waals surface area contributed by atoms with Crippen LogP contribution >= 0.6 is 0 Å². The molecule has 0 saturated carbocycles. The number of ether oxygens (including phenoxy) is 1. The summed E-state index contributed by atoms with van der Waals surface area (Å²) < 4.78 is 5.28. The molecular weight excluding hydrogens is 158 g/mol. The van der Waals surface area contributed by atoms with Gasteiger partial charge in [-0.2, -0.15) is 0 Å². The molecule has 0 aliphatic carbocycles. The molecule has 0 rings (SSSR count). The smallest absolute Gasteiger partial charge is 0.236 e. The zero-order chi connectivity index (χ0) is 9.72. The highest BCUT2D eigenvalue weighted by Gasteiger charge is 2.29. The molecule has 0 aromatic rings. The van der Waals surface area contributed by atoms with Crippen molar-refractivity contribution in [2.75, 3.05) is 6.61 Å². The summed E-state index contributed by atoms with van der Waals surface area (Å²) in [5.41, 5.74) is 0. The van der Waals surface area contributed by atoms with Crippen molar-refractivity contribution in [3.05, 3.63) is 10.1 Å². The number of nitrogens with zero attached hydrogens (tertiary/aromatic N) is 1. The van der Waals surface area contributed by atoms with Crippen LogP contribution < -0.4 is 0 Å². The lowest BCUT2D eigenvalue weighted by molar-refractivity contribution is -0.532. The highest BCUT2D eigenvalue weighted by Crippen LogP contribution is 2.12. The molecule has 0 spiro atoms. The maximum atomic E-state index is 10.4. The Morgan fingerprint density at radius 2 is 1.92 bits per heavy atom. The molecule has 0 radical (unpaired) electrons. The van der Waals surface area contributed by atoms with Crippen LogP contribution in [0.15, 0.2) is 0 Å². The first kappa shape index (κ1) is 11.4. The van der Waals surface area contributed by atoms with Gasteiger partial charge < -0.3 is 4.74 Å². The Balaban J connectivity index is 4.18. The molecule has 72 valence electrons. The average molecular weight is 175 g/mol. The van der Waals surface area contributed by atoms with Crippen molar-refractivity contribution in [2.24, 2.45) is 5.92 Å². The summed E-state index contributed by atoms with van der Waals surface area (Å²) in [6.45, 7) is 7.82. The SMILES string of the molecule is CCOC(C(C)C)C(C)[N+](=O)[O-]. The fourth-order valence-electron chi connectivity index (χ4n) is 1.20. The van der Waals surface area contributed by atoms with Gasteiger partial charge in [-0.05, 0) is 12.8 Å². The molecule has 0 heterocycles. The van der Waals surface area contributed by atoms with Crippen molar-refractivity contribution >= 4 is 0 Å². The van der Waals surface area contributed by atoms with Gasteiger partial charge in [0.2, 0.25) is 6.04 Å². The highest BCUT2D eigenvalue weighted by atomic mass is 16.6. The van der Waals surface area contributed by atoms with Crippen LogP contribution in [0.25, 0.3) is 0 Å². The second-order valence-electron chi connectivity index (χ2n) is 3.19. The van der Waals surface area contributed by atoms with Crippen LogP contribution in [0.3, 0.4) is 0 Å². The predicted molar refractivity (Wildman–Crippen MR) is 46.7 cm³/mol. The first-order valence-electron chi connectivity index (χ1n) is 4.25. The van der Waals surface area contributed by atoms with E-state index in [9.17, 15) is 10.1 Å². The molecule has 4 nitrogen and oxygen atoms in total. The van der Waals surface area contributed by atoms with Gasteiger partial charge in [-0.25, -0.2) is 0 Å². The molecule has 0 aliphatic heterocycles. The van der Waals surface area contributed by atoms with Crippen LogP contribution in [0.4, 0.5) is 0 Å². The molecule has 4 heteroatoms. The van der Waals surface area contributed by atoms with Crippen molar-refractivity contribution in [1.82, 2.24) is 0 Å². The van der Waals surface area contributed by atoms with Gasteiger partial charge in [0.1, 0.15) is 6.10 Å². The maximum Gasteiger partial charge on any atom is 0.236 e. The standard InChI is InChI=1S/C8H17NO3/c1-5-12-8(6(2)3)7(4)9(10)11/h6-8H,5H2,1-4H3. The monoisotopic (exact) mass is 175 g/mol. The van der Waals surface area contributed by atoms with E-state index in [2.05, 4.69) is 0 Å². The average Bonchev–Trinajstić information content (AvgIpc) is 1.98. The molecule has 0 N–H and O–H groups in total. The fraction of sp³-hybridized carbons (Fsp3) is 1.00.